The van der Waals surface area contributed by atoms with Crippen LogP contribution in [0.15, 0.2) is 4.99 Å². The largest absolute Gasteiger partial charge is 0.481 e. The number of hydrogen-bond donors (Lipinski definition) is 15. The molecule has 8 amide bonds. The van der Waals surface area contributed by atoms with Gasteiger partial charge in [0.1, 0.15) is 48.3 Å². The standard InChI is InChI=1S/C38H64N12O15/c1-17(2)28-36(64)48-24(16-27(56)57)35(63)43-18(3)30(58)44-23(11-13-26(54)55)34(62)50-29(19(4)51)37(65)47-22(10-12-25(52)53)32(60)45-20(8-5-6-14-39)31(59)46-21(33(61)49-28)9-7-15-42-38(40)41/h17-24,28-29,51H,5-16,39H2,1-4H3,(H,43,63)(H,44,58)(H,45,60)(H,46,59)(H,47,65)(H,48,64)(H,49,61)(H,50,62)(H,52,53)(H,54,55)(H,56,57)(H4,40,41,42)/t18-,19+,20-,21-,22-,23-,24-,28-,29-/m0/s1. The first kappa shape index (κ1) is 56.4. The molecule has 1 saturated heterocycles. The Morgan fingerprint density at radius 1 is 0.538 bits per heavy atom. The second-order valence-corrected chi connectivity index (χ2v) is 15.7. The second-order valence-electron chi connectivity index (χ2n) is 15.7. The maximum Gasteiger partial charge on any atom is 0.305 e. The zero-order valence-electron chi connectivity index (χ0n) is 36.7. The molecule has 0 aromatic rings. The average Bonchev–Trinajstić information content (AvgIpc) is 3.20. The normalized spacial score (nSPS) is 25.2. The van der Waals surface area contributed by atoms with Crippen molar-refractivity contribution in [1.29, 1.82) is 0 Å². The van der Waals surface area contributed by atoms with Crippen LogP contribution in [-0.2, 0) is 52.7 Å². The minimum absolute atomic E-state index is 0.0168. The molecule has 0 aromatic heterocycles. The van der Waals surface area contributed by atoms with E-state index in [1.807, 2.05) is 0 Å². The second kappa shape index (κ2) is 28.2. The summed E-state index contributed by atoms with van der Waals surface area (Å²) in [6.07, 6.45) is -4.95. The number of nitrogens with two attached hydrogens (primary N) is 3. The molecule has 1 aliphatic heterocycles. The predicted molar refractivity (Wildman–Crippen MR) is 226 cm³/mol. The lowest BCUT2D eigenvalue weighted by Gasteiger charge is -2.29. The molecule has 0 spiro atoms. The fourth-order valence-corrected chi connectivity index (χ4v) is 6.18. The summed E-state index contributed by atoms with van der Waals surface area (Å²) >= 11 is 0. The van der Waals surface area contributed by atoms with Crippen molar-refractivity contribution in [2.24, 2.45) is 28.1 Å². The highest BCUT2D eigenvalue weighted by Crippen LogP contribution is 2.11. The Balaban J connectivity index is 3.97. The van der Waals surface area contributed by atoms with Crippen molar-refractivity contribution in [1.82, 2.24) is 42.5 Å². The Bertz CT molecular complexity index is 1760. The number of aliphatic hydroxyl groups is 1. The molecule has 1 heterocycles. The average molecular weight is 929 g/mol. The maximum atomic E-state index is 14.0. The van der Waals surface area contributed by atoms with Gasteiger partial charge in [-0.1, -0.05) is 13.8 Å². The molecule has 18 N–H and O–H groups in total. The summed E-state index contributed by atoms with van der Waals surface area (Å²) in [7, 11) is 0. The number of hydrogen-bond acceptors (Lipinski definition) is 14. The van der Waals surface area contributed by atoms with Crippen LogP contribution < -0.4 is 59.7 Å². The molecular weight excluding hydrogens is 864 g/mol. The number of carbonyl (C=O) groups excluding carboxylic acids is 8. The number of carboxylic acid groups (broad SMARTS) is 3. The van der Waals surface area contributed by atoms with Crippen LogP contribution in [0.4, 0.5) is 0 Å². The molecule has 27 nitrogen and oxygen atoms in total. The number of carbonyl (C=O) groups is 11. The van der Waals surface area contributed by atoms with E-state index in [4.69, 9.17) is 17.2 Å². The third-order valence-electron chi connectivity index (χ3n) is 9.79. The molecule has 1 aliphatic rings. The van der Waals surface area contributed by atoms with Crippen LogP contribution in [0.3, 0.4) is 0 Å². The van der Waals surface area contributed by atoms with Crippen molar-refractivity contribution < 1.29 is 73.2 Å². The van der Waals surface area contributed by atoms with E-state index in [0.717, 1.165) is 13.8 Å². The third-order valence-corrected chi connectivity index (χ3v) is 9.79. The van der Waals surface area contributed by atoms with E-state index >= 15 is 0 Å². The number of amides is 8. The van der Waals surface area contributed by atoms with Crippen LogP contribution in [0.5, 0.6) is 0 Å². The van der Waals surface area contributed by atoms with E-state index in [1.165, 1.54) is 13.8 Å². The number of aliphatic imine (C=N–C) groups is 1. The first-order chi connectivity index (χ1) is 30.4. The molecule has 9 atom stereocenters. The topological polar surface area (TPSA) is 455 Å². The van der Waals surface area contributed by atoms with Gasteiger partial charge in [-0.15, -0.1) is 0 Å². The molecule has 0 radical (unpaired) electrons. The van der Waals surface area contributed by atoms with Gasteiger partial charge < -0.3 is 80.2 Å². The summed E-state index contributed by atoms with van der Waals surface area (Å²) in [4.78, 5) is 148. The first-order valence-corrected chi connectivity index (χ1v) is 20.9. The van der Waals surface area contributed by atoms with Crippen LogP contribution in [-0.4, -0.2) is 159 Å². The van der Waals surface area contributed by atoms with Gasteiger partial charge in [-0.2, -0.15) is 0 Å². The summed E-state index contributed by atoms with van der Waals surface area (Å²) in [5.74, 6) is -14.2. The van der Waals surface area contributed by atoms with Gasteiger partial charge in [0.2, 0.25) is 47.3 Å². The Kier molecular flexibility index (Phi) is 24.5. The van der Waals surface area contributed by atoms with E-state index < -0.39 is 158 Å². The Morgan fingerprint density at radius 2 is 0.938 bits per heavy atom. The molecule has 0 bridgehead atoms. The number of rotatable bonds is 18. The molecule has 0 aromatic carbocycles. The quantitative estimate of drug-likeness (QED) is 0.0346. The molecule has 1 rings (SSSR count). The lowest BCUT2D eigenvalue weighted by Crippen LogP contribution is -2.62. The van der Waals surface area contributed by atoms with Crippen LogP contribution in [0.1, 0.15) is 91.9 Å². The van der Waals surface area contributed by atoms with E-state index in [0.29, 0.717) is 6.42 Å². The summed E-state index contributed by atoms with van der Waals surface area (Å²) in [5.41, 5.74) is 16.5. The van der Waals surface area contributed by atoms with E-state index in [-0.39, 0.29) is 44.7 Å². The minimum Gasteiger partial charge on any atom is -0.481 e. The predicted octanol–water partition coefficient (Wildman–Crippen LogP) is -5.68. The first-order valence-electron chi connectivity index (χ1n) is 20.9. The molecule has 366 valence electrons. The van der Waals surface area contributed by atoms with E-state index in [9.17, 15) is 73.2 Å². The van der Waals surface area contributed by atoms with Gasteiger partial charge in [0.15, 0.2) is 5.96 Å². The van der Waals surface area contributed by atoms with Gasteiger partial charge >= 0.3 is 17.9 Å². The smallest absolute Gasteiger partial charge is 0.305 e. The van der Waals surface area contributed by atoms with Gasteiger partial charge in [0.05, 0.1) is 12.5 Å². The summed E-state index contributed by atoms with van der Waals surface area (Å²) in [6.45, 7) is 5.34. The summed E-state index contributed by atoms with van der Waals surface area (Å²) < 4.78 is 0. The van der Waals surface area contributed by atoms with Crippen molar-refractivity contribution in [3.05, 3.63) is 0 Å². The summed E-state index contributed by atoms with van der Waals surface area (Å²) in [5, 5.41) is 57.6. The van der Waals surface area contributed by atoms with Gasteiger partial charge in [-0.3, -0.25) is 57.7 Å². The molecular formula is C38H64N12O15. The molecule has 1 fully saturated rings. The Labute approximate surface area is 374 Å². The van der Waals surface area contributed by atoms with Crippen molar-refractivity contribution in [2.75, 3.05) is 13.1 Å². The van der Waals surface area contributed by atoms with Crippen LogP contribution in [0, 0.1) is 5.92 Å². The minimum atomic E-state index is -1.92. The number of unbranched alkanes of at least 4 members (excludes halogenated alkanes) is 1. The number of aliphatic hydroxyl groups excluding tert-OH is 1. The third kappa shape index (κ3) is 21.1. The van der Waals surface area contributed by atoms with Gasteiger partial charge in [-0.05, 0) is 71.3 Å². The van der Waals surface area contributed by atoms with E-state index in [1.54, 1.807) is 0 Å². The van der Waals surface area contributed by atoms with Crippen molar-refractivity contribution in [2.45, 2.75) is 146 Å². The Morgan fingerprint density at radius 3 is 1.38 bits per heavy atom. The van der Waals surface area contributed by atoms with Crippen molar-refractivity contribution >= 4 is 71.1 Å². The lowest BCUT2D eigenvalue weighted by atomic mass is 10.0. The highest BCUT2D eigenvalue weighted by atomic mass is 16.4. The van der Waals surface area contributed by atoms with Gasteiger partial charge in [0.25, 0.3) is 0 Å². The zero-order valence-corrected chi connectivity index (χ0v) is 36.7. The molecule has 0 aliphatic carbocycles. The molecule has 65 heavy (non-hydrogen) atoms. The SMILES string of the molecule is CC(C)[C@@H]1NC(=O)[C@H](CCCN=C(N)N)NC(=O)[C@H](CCCCN)NC(=O)[C@H](CCC(=O)O)NC(=O)[C@H]([C@@H](C)O)NC(=O)[C@H](CCC(=O)O)NC(=O)[C@H](C)NC(=O)[C@H](CC(=O)O)NC1=O. The number of nitrogens with one attached hydrogen (secondary N) is 8. The number of guanidine groups is 1. The van der Waals surface area contributed by atoms with Gasteiger partial charge in [0, 0.05) is 19.4 Å². The number of carboxylic acids is 3. The number of aliphatic carboxylic acids is 3. The molecule has 0 saturated carbocycles. The zero-order chi connectivity index (χ0) is 49.6. The van der Waals surface area contributed by atoms with Crippen LogP contribution in [0.2, 0.25) is 0 Å². The van der Waals surface area contributed by atoms with Crippen LogP contribution >= 0.6 is 0 Å². The fraction of sp³-hybridized carbons (Fsp3) is 0.684. The highest BCUT2D eigenvalue weighted by molar-refractivity contribution is 5.99. The molecule has 27 heteroatoms. The van der Waals surface area contributed by atoms with Crippen molar-refractivity contribution in [3.63, 3.8) is 0 Å². The highest BCUT2D eigenvalue weighted by Gasteiger charge is 2.37. The Hall–Kier alpha value is -6.64. The fourth-order valence-electron chi connectivity index (χ4n) is 6.18. The monoisotopic (exact) mass is 928 g/mol. The van der Waals surface area contributed by atoms with Gasteiger partial charge in [-0.25, -0.2) is 0 Å². The van der Waals surface area contributed by atoms with E-state index in [2.05, 4.69) is 47.5 Å². The maximum absolute atomic E-state index is 14.0. The van der Waals surface area contributed by atoms with Crippen molar-refractivity contribution in [3.8, 4) is 0 Å². The lowest BCUT2D eigenvalue weighted by molar-refractivity contribution is -0.142. The summed E-state index contributed by atoms with van der Waals surface area (Å²) in [6, 6.07) is -13.3. The van der Waals surface area contributed by atoms with Crippen LogP contribution in [0.25, 0.3) is 0 Å². The molecule has 0 unspecified atom stereocenters. The number of nitrogens with zero attached hydrogens (tertiary/aromatic N) is 1.